The topological polar surface area (TPSA) is 103 Å². The standard InChI is InChI=1S/C25H26N6O/c1-14-6-8-28-12-19(14)17-4-5-20(26)22-23(17)29-25(27)30-24(22)18-10-16-13-31(2)9-7-15(16)11-21(18)32-3/h4-6,8,10-12H,7,9,13,26H2,1-3H3,(H2,27,29,30). The molecule has 0 unspecified atom stereocenters. The molecule has 32 heavy (non-hydrogen) atoms. The SMILES string of the molecule is COc1cc2c(cc1-c1nc(N)nc3c(-c4cnccc4C)ccc(N)c13)CN(C)CC2. The highest BCUT2D eigenvalue weighted by Crippen LogP contribution is 2.41. The van der Waals surface area contributed by atoms with Crippen LogP contribution < -0.4 is 16.2 Å². The number of methoxy groups -OCH3 is 1. The fourth-order valence-corrected chi connectivity index (χ4v) is 4.52. The van der Waals surface area contributed by atoms with Crippen LogP contribution in [0, 0.1) is 6.92 Å². The molecule has 3 heterocycles. The van der Waals surface area contributed by atoms with E-state index in [9.17, 15) is 0 Å². The van der Waals surface area contributed by atoms with Gasteiger partial charge in [-0.05, 0) is 61.3 Å². The van der Waals surface area contributed by atoms with Gasteiger partial charge in [0, 0.05) is 47.9 Å². The fourth-order valence-electron chi connectivity index (χ4n) is 4.52. The summed E-state index contributed by atoms with van der Waals surface area (Å²) in [6.45, 7) is 3.95. The molecule has 0 bridgehead atoms. The number of anilines is 2. The monoisotopic (exact) mass is 426 g/mol. The number of likely N-dealkylation sites (N-methyl/N-ethyl adjacent to an activating group) is 1. The van der Waals surface area contributed by atoms with Crippen LogP contribution in [0.3, 0.4) is 0 Å². The lowest BCUT2D eigenvalue weighted by atomic mass is 9.93. The van der Waals surface area contributed by atoms with Crippen molar-refractivity contribution in [2.24, 2.45) is 0 Å². The number of pyridine rings is 1. The van der Waals surface area contributed by atoms with Gasteiger partial charge >= 0.3 is 0 Å². The third-order valence-corrected chi connectivity index (χ3v) is 6.21. The quantitative estimate of drug-likeness (QED) is 0.480. The number of nitrogen functional groups attached to an aromatic ring is 2. The number of nitrogens with two attached hydrogens (primary N) is 2. The average molecular weight is 427 g/mol. The first-order chi connectivity index (χ1) is 15.5. The minimum atomic E-state index is 0.192. The van der Waals surface area contributed by atoms with E-state index in [1.165, 1.54) is 11.1 Å². The Labute approximate surface area is 187 Å². The molecular formula is C25H26N6O. The Morgan fingerprint density at radius 1 is 1.00 bits per heavy atom. The maximum Gasteiger partial charge on any atom is 0.221 e. The number of aromatic nitrogens is 3. The van der Waals surface area contributed by atoms with Gasteiger partial charge in [-0.2, -0.15) is 0 Å². The number of rotatable bonds is 3. The molecule has 5 rings (SSSR count). The van der Waals surface area contributed by atoms with E-state index >= 15 is 0 Å². The molecule has 0 saturated carbocycles. The summed E-state index contributed by atoms with van der Waals surface area (Å²) in [5.74, 6) is 0.952. The van der Waals surface area contributed by atoms with Crippen LogP contribution in [0.1, 0.15) is 16.7 Å². The molecule has 0 aliphatic carbocycles. The van der Waals surface area contributed by atoms with Crippen molar-refractivity contribution in [3.05, 3.63) is 59.4 Å². The van der Waals surface area contributed by atoms with Gasteiger partial charge in [0.2, 0.25) is 5.95 Å². The lowest BCUT2D eigenvalue weighted by molar-refractivity contribution is 0.312. The van der Waals surface area contributed by atoms with Crippen LogP contribution in [0.5, 0.6) is 5.75 Å². The Hall–Kier alpha value is -3.71. The average Bonchev–Trinajstić information content (AvgIpc) is 2.78. The zero-order valence-corrected chi connectivity index (χ0v) is 18.5. The molecule has 1 aliphatic heterocycles. The van der Waals surface area contributed by atoms with Gasteiger partial charge in [-0.1, -0.05) is 6.07 Å². The maximum absolute atomic E-state index is 6.50. The molecule has 0 fully saturated rings. The third kappa shape index (κ3) is 3.31. The van der Waals surface area contributed by atoms with Crippen molar-refractivity contribution in [1.82, 2.24) is 19.9 Å². The van der Waals surface area contributed by atoms with Crippen molar-refractivity contribution in [2.45, 2.75) is 19.9 Å². The Balaban J connectivity index is 1.82. The molecule has 4 aromatic rings. The molecule has 0 radical (unpaired) electrons. The van der Waals surface area contributed by atoms with E-state index in [0.717, 1.165) is 52.9 Å². The van der Waals surface area contributed by atoms with Crippen LogP contribution in [0.2, 0.25) is 0 Å². The van der Waals surface area contributed by atoms with E-state index in [1.54, 1.807) is 13.3 Å². The molecule has 162 valence electrons. The van der Waals surface area contributed by atoms with Crippen molar-refractivity contribution >= 4 is 22.5 Å². The summed E-state index contributed by atoms with van der Waals surface area (Å²) < 4.78 is 5.79. The zero-order valence-electron chi connectivity index (χ0n) is 18.5. The number of hydrogen-bond acceptors (Lipinski definition) is 7. The van der Waals surface area contributed by atoms with Crippen molar-refractivity contribution in [1.29, 1.82) is 0 Å². The van der Waals surface area contributed by atoms with E-state index in [1.807, 2.05) is 31.3 Å². The largest absolute Gasteiger partial charge is 0.496 e. The Bertz CT molecular complexity index is 1350. The van der Waals surface area contributed by atoms with Crippen molar-refractivity contribution in [2.75, 3.05) is 32.2 Å². The van der Waals surface area contributed by atoms with E-state index < -0.39 is 0 Å². The second-order valence-corrected chi connectivity index (χ2v) is 8.36. The van der Waals surface area contributed by atoms with Gasteiger partial charge in [0.15, 0.2) is 0 Å². The van der Waals surface area contributed by atoms with Crippen LogP contribution in [0.25, 0.3) is 33.3 Å². The molecule has 7 nitrogen and oxygen atoms in total. The first-order valence-corrected chi connectivity index (χ1v) is 10.6. The smallest absolute Gasteiger partial charge is 0.221 e. The van der Waals surface area contributed by atoms with Gasteiger partial charge < -0.3 is 21.1 Å². The van der Waals surface area contributed by atoms with Crippen LogP contribution in [-0.2, 0) is 13.0 Å². The number of fused-ring (bicyclic) bond motifs is 2. The molecule has 0 saturated heterocycles. The van der Waals surface area contributed by atoms with Crippen molar-refractivity contribution < 1.29 is 4.74 Å². The predicted octanol–water partition coefficient (Wildman–Crippen LogP) is 3.83. The van der Waals surface area contributed by atoms with Crippen LogP contribution >= 0.6 is 0 Å². The molecule has 4 N–H and O–H groups in total. The van der Waals surface area contributed by atoms with Crippen LogP contribution in [0.15, 0.2) is 42.7 Å². The van der Waals surface area contributed by atoms with Crippen LogP contribution in [-0.4, -0.2) is 40.6 Å². The second-order valence-electron chi connectivity index (χ2n) is 8.36. The van der Waals surface area contributed by atoms with Gasteiger partial charge in [-0.15, -0.1) is 0 Å². The summed E-state index contributed by atoms with van der Waals surface area (Å²) in [6.07, 6.45) is 4.61. The highest BCUT2D eigenvalue weighted by atomic mass is 16.5. The number of nitrogens with zero attached hydrogens (tertiary/aromatic N) is 4. The number of benzene rings is 2. The van der Waals surface area contributed by atoms with E-state index in [2.05, 4.69) is 39.0 Å². The third-order valence-electron chi connectivity index (χ3n) is 6.21. The van der Waals surface area contributed by atoms with Crippen molar-refractivity contribution in [3.63, 3.8) is 0 Å². The Morgan fingerprint density at radius 3 is 2.62 bits per heavy atom. The number of aryl methyl sites for hydroxylation is 1. The first-order valence-electron chi connectivity index (χ1n) is 10.6. The van der Waals surface area contributed by atoms with Gasteiger partial charge in [0.1, 0.15) is 5.75 Å². The summed E-state index contributed by atoms with van der Waals surface area (Å²) in [4.78, 5) is 15.9. The summed E-state index contributed by atoms with van der Waals surface area (Å²) in [7, 11) is 3.81. The van der Waals surface area contributed by atoms with E-state index in [4.69, 9.17) is 16.2 Å². The molecular weight excluding hydrogens is 400 g/mol. The van der Waals surface area contributed by atoms with Gasteiger partial charge in [-0.25, -0.2) is 9.97 Å². The first kappa shape index (κ1) is 20.2. The van der Waals surface area contributed by atoms with E-state index in [-0.39, 0.29) is 5.95 Å². The molecule has 2 aromatic carbocycles. The van der Waals surface area contributed by atoms with Gasteiger partial charge in [-0.3, -0.25) is 4.98 Å². The van der Waals surface area contributed by atoms with Gasteiger partial charge in [0.25, 0.3) is 0 Å². The Kier molecular flexibility index (Phi) is 4.90. The fraction of sp³-hybridized carbons (Fsp3) is 0.240. The van der Waals surface area contributed by atoms with Gasteiger partial charge in [0.05, 0.1) is 23.7 Å². The highest BCUT2D eigenvalue weighted by Gasteiger charge is 2.22. The lowest BCUT2D eigenvalue weighted by Crippen LogP contribution is -2.26. The summed E-state index contributed by atoms with van der Waals surface area (Å²) in [5.41, 5.74) is 21.1. The summed E-state index contributed by atoms with van der Waals surface area (Å²) in [5, 5.41) is 0.766. The van der Waals surface area contributed by atoms with Crippen LogP contribution in [0.4, 0.5) is 11.6 Å². The molecule has 0 atom stereocenters. The summed E-state index contributed by atoms with van der Waals surface area (Å²) >= 11 is 0. The number of hydrogen-bond donors (Lipinski definition) is 2. The summed E-state index contributed by atoms with van der Waals surface area (Å²) in [6, 6.07) is 10.1. The minimum Gasteiger partial charge on any atom is -0.496 e. The molecule has 2 aromatic heterocycles. The Morgan fingerprint density at radius 2 is 1.84 bits per heavy atom. The predicted molar refractivity (Wildman–Crippen MR) is 128 cm³/mol. The molecule has 7 heteroatoms. The molecule has 0 amide bonds. The maximum atomic E-state index is 6.50. The lowest BCUT2D eigenvalue weighted by Gasteiger charge is -2.26. The molecule has 0 spiro atoms. The zero-order chi connectivity index (χ0) is 22.4. The second kappa shape index (κ2) is 7.76. The number of ether oxygens (including phenoxy) is 1. The minimum absolute atomic E-state index is 0.192. The normalized spacial score (nSPS) is 13.8. The highest BCUT2D eigenvalue weighted by molar-refractivity contribution is 6.08. The van der Waals surface area contributed by atoms with E-state index in [0.29, 0.717) is 16.9 Å². The molecule has 1 aliphatic rings. The van der Waals surface area contributed by atoms with Crippen molar-refractivity contribution in [3.8, 4) is 28.1 Å².